The van der Waals surface area contributed by atoms with Gasteiger partial charge in [-0.25, -0.2) is 9.48 Å². The summed E-state index contributed by atoms with van der Waals surface area (Å²) in [5.41, 5.74) is 1.18. The molecule has 0 saturated heterocycles. The Morgan fingerprint density at radius 2 is 1.72 bits per heavy atom. The lowest BCUT2D eigenvalue weighted by Gasteiger charge is -2.23. The average Bonchev–Trinajstić information content (AvgIpc) is 2.91. The number of methoxy groups -OCH3 is 1. The van der Waals surface area contributed by atoms with Crippen molar-refractivity contribution in [3.63, 3.8) is 0 Å². The van der Waals surface area contributed by atoms with Gasteiger partial charge in [-0.05, 0) is 32.9 Å². The minimum Gasteiger partial charge on any atom is -0.495 e. The molecule has 25 heavy (non-hydrogen) atoms. The van der Waals surface area contributed by atoms with Crippen LogP contribution in [0.5, 0.6) is 5.75 Å². The Balaban J connectivity index is 2.27. The van der Waals surface area contributed by atoms with E-state index < -0.39 is 0 Å². The molecule has 0 fully saturated rings. The molecule has 6 nitrogen and oxygen atoms in total. The normalized spacial score (nSPS) is 12.0. The van der Waals surface area contributed by atoms with Gasteiger partial charge in [-0.15, -0.1) is 0 Å². The maximum atomic E-state index is 12.5. The van der Waals surface area contributed by atoms with Crippen molar-refractivity contribution < 1.29 is 9.53 Å². The molecule has 0 aliphatic carbocycles. The van der Waals surface area contributed by atoms with E-state index in [1.54, 1.807) is 19.2 Å². The van der Waals surface area contributed by atoms with E-state index in [1.165, 1.54) is 0 Å². The van der Waals surface area contributed by atoms with E-state index in [1.807, 2.05) is 22.9 Å². The van der Waals surface area contributed by atoms with Gasteiger partial charge in [0.1, 0.15) is 11.6 Å². The van der Waals surface area contributed by atoms with Crippen LogP contribution in [0.25, 0.3) is 0 Å². The molecule has 2 rings (SSSR count). The van der Waals surface area contributed by atoms with Gasteiger partial charge in [-0.2, -0.15) is 5.10 Å². The third-order valence-electron chi connectivity index (χ3n) is 3.71. The van der Waals surface area contributed by atoms with Crippen LogP contribution in [0.1, 0.15) is 47.2 Å². The summed E-state index contributed by atoms with van der Waals surface area (Å²) in [4.78, 5) is 12.5. The van der Waals surface area contributed by atoms with Gasteiger partial charge < -0.3 is 10.1 Å². The van der Waals surface area contributed by atoms with E-state index in [0.717, 1.165) is 5.69 Å². The van der Waals surface area contributed by atoms with Crippen molar-refractivity contribution >= 4 is 17.5 Å². The van der Waals surface area contributed by atoms with Crippen molar-refractivity contribution in [1.82, 2.24) is 9.78 Å². The summed E-state index contributed by atoms with van der Waals surface area (Å²) in [5.74, 6) is 1.27. The molecule has 0 saturated carbocycles. The zero-order valence-electron chi connectivity index (χ0n) is 16.1. The van der Waals surface area contributed by atoms with Crippen LogP contribution >= 0.6 is 0 Å². The second-order valence-corrected chi connectivity index (χ2v) is 8.03. The Morgan fingerprint density at radius 1 is 1.08 bits per heavy atom. The summed E-state index contributed by atoms with van der Waals surface area (Å²) in [7, 11) is 1.57. The van der Waals surface area contributed by atoms with Crippen molar-refractivity contribution in [2.75, 3.05) is 17.7 Å². The van der Waals surface area contributed by atoms with E-state index in [0.29, 0.717) is 17.3 Å². The highest BCUT2D eigenvalue weighted by Gasteiger charge is 2.25. The number of aromatic nitrogens is 2. The molecule has 0 aliphatic rings. The molecular weight excluding hydrogens is 316 g/mol. The molecule has 2 aromatic rings. The fraction of sp³-hybridized carbons (Fsp3) is 0.474. The Kier molecular flexibility index (Phi) is 5.11. The number of urea groups is 1. The van der Waals surface area contributed by atoms with Gasteiger partial charge in [-0.1, -0.05) is 32.9 Å². The highest BCUT2D eigenvalue weighted by atomic mass is 16.5. The van der Waals surface area contributed by atoms with Crippen LogP contribution in [0.2, 0.25) is 0 Å². The van der Waals surface area contributed by atoms with Crippen molar-refractivity contribution in [2.45, 2.75) is 52.5 Å². The molecule has 2 amide bonds. The molecule has 6 heteroatoms. The lowest BCUT2D eigenvalue weighted by Crippen LogP contribution is -2.28. The second kappa shape index (κ2) is 6.78. The summed E-state index contributed by atoms with van der Waals surface area (Å²) < 4.78 is 7.11. The minimum atomic E-state index is -0.338. The third-order valence-corrected chi connectivity index (χ3v) is 3.71. The number of ether oxygens (including phenoxy) is 1. The molecule has 0 unspecified atom stereocenters. The summed E-state index contributed by atoms with van der Waals surface area (Å²) >= 11 is 0. The number of anilines is 2. The van der Waals surface area contributed by atoms with Gasteiger partial charge >= 0.3 is 6.03 Å². The average molecular weight is 344 g/mol. The molecule has 0 spiro atoms. The van der Waals surface area contributed by atoms with Crippen LogP contribution < -0.4 is 15.4 Å². The monoisotopic (exact) mass is 344 g/mol. The minimum absolute atomic E-state index is 0.105. The first kappa shape index (κ1) is 18.8. The van der Waals surface area contributed by atoms with E-state index in [2.05, 4.69) is 52.2 Å². The number of carbonyl (C=O) groups is 1. The Labute approximate surface area is 149 Å². The van der Waals surface area contributed by atoms with Crippen molar-refractivity contribution in [3.8, 4) is 5.75 Å². The maximum Gasteiger partial charge on any atom is 0.324 e. The predicted octanol–water partition coefficient (Wildman–Crippen LogP) is 4.59. The number of para-hydroxylation sites is 2. The zero-order valence-corrected chi connectivity index (χ0v) is 16.1. The molecule has 2 N–H and O–H groups in total. The second-order valence-electron chi connectivity index (χ2n) is 8.03. The summed E-state index contributed by atoms with van der Waals surface area (Å²) in [6, 6.07) is 8.87. The fourth-order valence-corrected chi connectivity index (χ4v) is 2.37. The first-order valence-corrected chi connectivity index (χ1v) is 8.34. The summed E-state index contributed by atoms with van der Waals surface area (Å²) in [6.07, 6.45) is 0. The number of benzene rings is 1. The smallest absolute Gasteiger partial charge is 0.324 e. The number of carbonyl (C=O) groups excluding carboxylic acids is 1. The number of hydrogen-bond acceptors (Lipinski definition) is 3. The van der Waals surface area contributed by atoms with Crippen molar-refractivity contribution in [3.05, 3.63) is 36.0 Å². The molecule has 136 valence electrons. The van der Waals surface area contributed by atoms with Gasteiger partial charge in [0.05, 0.1) is 24.0 Å². The molecule has 0 atom stereocenters. The first-order valence-electron chi connectivity index (χ1n) is 8.34. The van der Waals surface area contributed by atoms with Crippen LogP contribution in [0.3, 0.4) is 0 Å². The lowest BCUT2D eigenvalue weighted by molar-refractivity contribution is 0.261. The Morgan fingerprint density at radius 3 is 2.28 bits per heavy atom. The molecule has 1 aromatic carbocycles. The molecular formula is C19H28N4O2. The standard InChI is InChI=1S/C19H28N4O2/c1-18(2,3)15-12-16(23(22-15)19(4,5)6)21-17(24)20-13-10-8-9-11-14(13)25-7/h8-12H,1-7H3,(H2,20,21,24). The summed E-state index contributed by atoms with van der Waals surface area (Å²) in [6.45, 7) is 12.4. The van der Waals surface area contributed by atoms with E-state index in [4.69, 9.17) is 9.84 Å². The number of rotatable bonds is 3. The van der Waals surface area contributed by atoms with E-state index in [9.17, 15) is 4.79 Å². The lowest BCUT2D eigenvalue weighted by atomic mass is 9.92. The van der Waals surface area contributed by atoms with Crippen molar-refractivity contribution in [1.29, 1.82) is 0 Å². The third kappa shape index (κ3) is 4.53. The first-order chi connectivity index (χ1) is 11.5. The van der Waals surface area contributed by atoms with Crippen LogP contribution in [0.15, 0.2) is 30.3 Å². The molecule has 0 radical (unpaired) electrons. The van der Waals surface area contributed by atoms with Gasteiger partial charge in [0, 0.05) is 11.5 Å². The van der Waals surface area contributed by atoms with Crippen LogP contribution in [0.4, 0.5) is 16.3 Å². The maximum absolute atomic E-state index is 12.5. The molecule has 0 bridgehead atoms. The topological polar surface area (TPSA) is 68.2 Å². The van der Waals surface area contributed by atoms with Crippen LogP contribution in [0, 0.1) is 0 Å². The number of nitrogens with one attached hydrogen (secondary N) is 2. The van der Waals surface area contributed by atoms with Crippen LogP contribution in [-0.2, 0) is 11.0 Å². The largest absolute Gasteiger partial charge is 0.495 e. The molecule has 0 aliphatic heterocycles. The highest BCUT2D eigenvalue weighted by molar-refractivity contribution is 6.00. The number of hydrogen-bond donors (Lipinski definition) is 2. The van der Waals surface area contributed by atoms with E-state index in [-0.39, 0.29) is 17.0 Å². The van der Waals surface area contributed by atoms with Crippen molar-refractivity contribution in [2.24, 2.45) is 0 Å². The van der Waals surface area contributed by atoms with Gasteiger partial charge in [0.25, 0.3) is 0 Å². The summed E-state index contributed by atoms with van der Waals surface area (Å²) in [5, 5.41) is 10.4. The zero-order chi connectivity index (χ0) is 18.8. The van der Waals surface area contributed by atoms with Crippen LogP contribution in [-0.4, -0.2) is 22.9 Å². The Hall–Kier alpha value is -2.50. The van der Waals surface area contributed by atoms with E-state index >= 15 is 0 Å². The van der Waals surface area contributed by atoms with Gasteiger partial charge in [-0.3, -0.25) is 5.32 Å². The van der Waals surface area contributed by atoms with Gasteiger partial charge in [0.15, 0.2) is 0 Å². The highest BCUT2D eigenvalue weighted by Crippen LogP contribution is 2.29. The quantitative estimate of drug-likeness (QED) is 0.856. The SMILES string of the molecule is COc1ccccc1NC(=O)Nc1cc(C(C)(C)C)nn1C(C)(C)C. The number of nitrogens with zero attached hydrogens (tertiary/aromatic N) is 2. The molecule has 1 aromatic heterocycles. The van der Waals surface area contributed by atoms with Gasteiger partial charge in [0.2, 0.25) is 0 Å². The Bertz CT molecular complexity index is 752. The molecule has 1 heterocycles. The number of amides is 2. The fourth-order valence-electron chi connectivity index (χ4n) is 2.37. The predicted molar refractivity (Wildman–Crippen MR) is 102 cm³/mol.